The van der Waals surface area contributed by atoms with Crippen molar-refractivity contribution >= 4 is 5.97 Å². The van der Waals surface area contributed by atoms with E-state index in [1.54, 1.807) is 0 Å². The minimum atomic E-state index is -0.653. The van der Waals surface area contributed by atoms with Crippen LogP contribution in [0.2, 0.25) is 0 Å². The topological polar surface area (TPSA) is 37.3 Å². The normalized spacial score (nSPS) is 22.4. The monoisotopic (exact) mass is 272 g/mol. The number of hydrogen-bond acceptors (Lipinski definition) is 1. The Morgan fingerprint density at radius 1 is 1.25 bits per heavy atom. The van der Waals surface area contributed by atoms with Crippen molar-refractivity contribution in [1.82, 2.24) is 0 Å². The van der Waals surface area contributed by atoms with Crippen molar-refractivity contribution in [3.63, 3.8) is 0 Å². The van der Waals surface area contributed by atoms with Crippen LogP contribution in [0.4, 0.5) is 0 Å². The Labute approximate surface area is 121 Å². The van der Waals surface area contributed by atoms with Crippen LogP contribution in [0.15, 0.2) is 42.5 Å². The lowest BCUT2D eigenvalue weighted by atomic mass is 9.92. The van der Waals surface area contributed by atoms with Crippen molar-refractivity contribution in [2.45, 2.75) is 44.9 Å². The Morgan fingerprint density at radius 3 is 2.80 bits per heavy atom. The molecule has 0 amide bonds. The van der Waals surface area contributed by atoms with Crippen LogP contribution < -0.4 is 0 Å². The summed E-state index contributed by atoms with van der Waals surface area (Å²) in [4.78, 5) is 10.8. The number of benzene rings is 1. The van der Waals surface area contributed by atoms with Crippen LogP contribution in [0.3, 0.4) is 0 Å². The molecule has 1 aromatic carbocycles. The molecule has 0 spiro atoms. The molecular formula is C18H24O2. The quantitative estimate of drug-likeness (QED) is 0.588. The van der Waals surface area contributed by atoms with Gasteiger partial charge in [0.05, 0.1) is 0 Å². The molecule has 1 fully saturated rings. The fourth-order valence-electron chi connectivity index (χ4n) is 3.14. The summed E-state index contributed by atoms with van der Waals surface area (Å²) in [5.74, 6) is 0.195. The average Bonchev–Trinajstić information content (AvgIpc) is 2.86. The van der Waals surface area contributed by atoms with Gasteiger partial charge in [0.15, 0.2) is 0 Å². The van der Waals surface area contributed by atoms with Gasteiger partial charge < -0.3 is 5.11 Å². The van der Waals surface area contributed by atoms with E-state index < -0.39 is 5.97 Å². The highest BCUT2D eigenvalue weighted by molar-refractivity contribution is 5.67. The maximum absolute atomic E-state index is 10.8. The van der Waals surface area contributed by atoms with Crippen molar-refractivity contribution < 1.29 is 9.90 Å². The lowest BCUT2D eigenvalue weighted by molar-refractivity contribution is -0.138. The molecule has 2 rings (SSSR count). The van der Waals surface area contributed by atoms with Crippen LogP contribution in [-0.2, 0) is 11.2 Å². The van der Waals surface area contributed by atoms with Crippen LogP contribution in [0.1, 0.15) is 44.1 Å². The second-order valence-corrected chi connectivity index (χ2v) is 5.76. The zero-order valence-electron chi connectivity index (χ0n) is 12.0. The maximum atomic E-state index is 10.8. The second-order valence-electron chi connectivity index (χ2n) is 5.76. The Hall–Kier alpha value is -1.57. The lowest BCUT2D eigenvalue weighted by Gasteiger charge is -2.13. The first-order chi connectivity index (χ1) is 9.75. The lowest BCUT2D eigenvalue weighted by Crippen LogP contribution is -2.10. The van der Waals surface area contributed by atoms with E-state index in [-0.39, 0.29) is 0 Å². The third-order valence-electron chi connectivity index (χ3n) is 4.22. The summed E-state index contributed by atoms with van der Waals surface area (Å²) in [5, 5.41) is 8.90. The van der Waals surface area contributed by atoms with Crippen LogP contribution in [0.25, 0.3) is 0 Å². The van der Waals surface area contributed by atoms with Gasteiger partial charge in [-0.2, -0.15) is 0 Å². The van der Waals surface area contributed by atoms with Gasteiger partial charge in [0.1, 0.15) is 0 Å². The van der Waals surface area contributed by atoms with Crippen molar-refractivity contribution in [3.05, 3.63) is 48.0 Å². The fraction of sp³-hybridized carbons (Fsp3) is 0.500. The molecular weight excluding hydrogens is 248 g/mol. The summed E-state index contributed by atoms with van der Waals surface area (Å²) in [6.45, 7) is 0. The molecule has 2 atom stereocenters. The van der Waals surface area contributed by atoms with Crippen LogP contribution in [0, 0.1) is 11.8 Å². The van der Waals surface area contributed by atoms with Crippen molar-refractivity contribution in [2.24, 2.45) is 11.8 Å². The molecule has 20 heavy (non-hydrogen) atoms. The number of aryl methyl sites for hydroxylation is 1. The van der Waals surface area contributed by atoms with E-state index in [2.05, 4.69) is 36.4 Å². The smallest absolute Gasteiger partial charge is 0.303 e. The first-order valence-electron chi connectivity index (χ1n) is 7.68. The van der Waals surface area contributed by atoms with E-state index in [1.165, 1.54) is 12.0 Å². The first kappa shape index (κ1) is 14.8. The van der Waals surface area contributed by atoms with E-state index in [4.69, 9.17) is 5.11 Å². The molecule has 0 bridgehead atoms. The highest BCUT2D eigenvalue weighted by atomic mass is 16.4. The van der Waals surface area contributed by atoms with Gasteiger partial charge in [0.2, 0.25) is 0 Å². The number of unbranched alkanes of at least 4 members (excludes halogenated alkanes) is 1. The number of allylic oxidation sites excluding steroid dienone is 2. The Kier molecular flexibility index (Phi) is 5.85. The summed E-state index contributed by atoms with van der Waals surface area (Å²) in [5.41, 5.74) is 1.39. The van der Waals surface area contributed by atoms with Crippen LogP contribution in [-0.4, -0.2) is 11.1 Å². The minimum Gasteiger partial charge on any atom is -0.481 e. The van der Waals surface area contributed by atoms with Gasteiger partial charge in [0.25, 0.3) is 0 Å². The van der Waals surface area contributed by atoms with E-state index in [0.29, 0.717) is 18.3 Å². The molecule has 1 saturated carbocycles. The predicted molar refractivity (Wildman–Crippen MR) is 81.6 cm³/mol. The van der Waals surface area contributed by atoms with Crippen LogP contribution >= 0.6 is 0 Å². The Morgan fingerprint density at radius 2 is 2.05 bits per heavy atom. The molecule has 0 aliphatic heterocycles. The molecule has 108 valence electrons. The maximum Gasteiger partial charge on any atom is 0.303 e. The summed E-state index contributed by atoms with van der Waals surface area (Å²) in [6.07, 6.45) is 11.6. The van der Waals surface area contributed by atoms with E-state index in [0.717, 1.165) is 32.1 Å². The summed E-state index contributed by atoms with van der Waals surface area (Å²) in [7, 11) is 0. The number of carbonyl (C=O) groups is 1. The molecule has 1 unspecified atom stereocenters. The standard InChI is InChI=1S/C18H24O2/c19-18(20)14-17-13-7-12-16(17)11-6-2-5-10-15-8-3-1-4-9-15/h1,3-4,6,8-9,11,16-17H,2,5,7,10,12-14H2,(H,19,20)/b11-6+/t16?,17-/m1/s1. The SMILES string of the molecule is O=C(O)C[C@H]1CCCC1/C=C/CCCc1ccccc1. The van der Waals surface area contributed by atoms with Crippen molar-refractivity contribution in [2.75, 3.05) is 0 Å². The predicted octanol–water partition coefficient (Wildman–Crippen LogP) is 4.46. The third kappa shape index (κ3) is 4.84. The molecule has 1 aliphatic rings. The molecule has 1 N–H and O–H groups in total. The highest BCUT2D eigenvalue weighted by Crippen LogP contribution is 2.35. The average molecular weight is 272 g/mol. The summed E-state index contributed by atoms with van der Waals surface area (Å²) in [6, 6.07) is 10.6. The van der Waals surface area contributed by atoms with Crippen LogP contribution in [0.5, 0.6) is 0 Å². The van der Waals surface area contributed by atoms with E-state index in [9.17, 15) is 4.79 Å². The van der Waals surface area contributed by atoms with Gasteiger partial charge in [-0.1, -0.05) is 48.9 Å². The van der Waals surface area contributed by atoms with Gasteiger partial charge in [-0.15, -0.1) is 0 Å². The molecule has 2 heteroatoms. The minimum absolute atomic E-state index is 0.332. The molecule has 1 aliphatic carbocycles. The summed E-state index contributed by atoms with van der Waals surface area (Å²) < 4.78 is 0. The van der Waals surface area contributed by atoms with Gasteiger partial charge in [-0.3, -0.25) is 4.79 Å². The number of aliphatic carboxylic acids is 1. The molecule has 0 aromatic heterocycles. The second kappa shape index (κ2) is 7.88. The molecule has 0 saturated heterocycles. The number of rotatable bonds is 7. The third-order valence-corrected chi connectivity index (χ3v) is 4.22. The molecule has 0 radical (unpaired) electrons. The van der Waals surface area contributed by atoms with Gasteiger partial charge in [-0.25, -0.2) is 0 Å². The Balaban J connectivity index is 1.69. The van der Waals surface area contributed by atoms with Crippen molar-refractivity contribution in [1.29, 1.82) is 0 Å². The Bertz CT molecular complexity index is 436. The zero-order valence-corrected chi connectivity index (χ0v) is 12.0. The molecule has 1 aromatic rings. The zero-order chi connectivity index (χ0) is 14.2. The first-order valence-corrected chi connectivity index (χ1v) is 7.68. The largest absolute Gasteiger partial charge is 0.481 e. The summed E-state index contributed by atoms with van der Waals surface area (Å²) >= 11 is 0. The fourth-order valence-corrected chi connectivity index (χ4v) is 3.14. The number of hydrogen-bond donors (Lipinski definition) is 1. The van der Waals surface area contributed by atoms with Gasteiger partial charge in [0, 0.05) is 6.42 Å². The molecule has 2 nitrogen and oxygen atoms in total. The van der Waals surface area contributed by atoms with E-state index >= 15 is 0 Å². The van der Waals surface area contributed by atoms with Gasteiger partial charge in [-0.05, 0) is 49.5 Å². The molecule has 0 heterocycles. The number of carboxylic acid groups (broad SMARTS) is 1. The van der Waals surface area contributed by atoms with E-state index in [1.807, 2.05) is 6.07 Å². The number of carboxylic acids is 1. The highest BCUT2D eigenvalue weighted by Gasteiger charge is 2.26. The van der Waals surface area contributed by atoms with Gasteiger partial charge >= 0.3 is 5.97 Å². The van der Waals surface area contributed by atoms with Crippen molar-refractivity contribution in [3.8, 4) is 0 Å².